The average molecular weight is 438 g/mol. The summed E-state index contributed by atoms with van der Waals surface area (Å²) in [6, 6.07) is 6.26. The summed E-state index contributed by atoms with van der Waals surface area (Å²) in [7, 11) is 0. The van der Waals surface area contributed by atoms with E-state index in [4.69, 9.17) is 10.00 Å². The Morgan fingerprint density at radius 1 is 1.00 bits per heavy atom. The third-order valence-electron chi connectivity index (χ3n) is 6.55. The van der Waals surface area contributed by atoms with Crippen molar-refractivity contribution in [1.29, 1.82) is 5.26 Å². The van der Waals surface area contributed by atoms with Crippen molar-refractivity contribution in [3.05, 3.63) is 53.4 Å². The van der Waals surface area contributed by atoms with E-state index in [0.717, 1.165) is 37.9 Å². The normalized spacial score (nSPS) is 18.3. The molecule has 0 unspecified atom stereocenters. The zero-order valence-electron chi connectivity index (χ0n) is 19.4. The minimum absolute atomic E-state index is 0.0475. The first kappa shape index (κ1) is 24.2. The van der Waals surface area contributed by atoms with Crippen molar-refractivity contribution >= 4 is 0 Å². The Morgan fingerprint density at radius 3 is 2.34 bits per heavy atom. The van der Waals surface area contributed by atoms with Crippen molar-refractivity contribution in [3.8, 4) is 11.8 Å². The number of hydrogen-bond donors (Lipinski definition) is 0. The summed E-state index contributed by atoms with van der Waals surface area (Å²) >= 11 is 0. The van der Waals surface area contributed by atoms with Crippen LogP contribution in [0, 0.1) is 23.1 Å². The largest absolute Gasteiger partial charge is 0.493 e. The van der Waals surface area contributed by atoms with Gasteiger partial charge in [-0.3, -0.25) is 0 Å². The van der Waals surface area contributed by atoms with Gasteiger partial charge in [-0.25, -0.2) is 14.4 Å². The highest BCUT2D eigenvalue weighted by Gasteiger charge is 2.24. The summed E-state index contributed by atoms with van der Waals surface area (Å²) in [4.78, 5) is 9.35. The summed E-state index contributed by atoms with van der Waals surface area (Å²) < 4.78 is 19.5. The fraction of sp³-hybridized carbons (Fsp3) is 0.593. The molecule has 2 aromatic rings. The molecule has 3 rings (SSSR count). The number of nitriles is 1. The van der Waals surface area contributed by atoms with Crippen LogP contribution < -0.4 is 4.74 Å². The molecule has 5 heteroatoms. The number of benzene rings is 1. The molecular formula is C27H36FN3O. The van der Waals surface area contributed by atoms with Gasteiger partial charge in [0.25, 0.3) is 0 Å². The Bertz CT molecular complexity index is 854. The lowest BCUT2D eigenvalue weighted by molar-refractivity contribution is 0.197. The van der Waals surface area contributed by atoms with Crippen LogP contribution in [0.4, 0.5) is 4.39 Å². The third-order valence-corrected chi connectivity index (χ3v) is 6.55. The molecule has 1 aliphatic carbocycles. The second-order valence-corrected chi connectivity index (χ2v) is 9.10. The summed E-state index contributed by atoms with van der Waals surface area (Å²) in [5.41, 5.74) is 1.30. The van der Waals surface area contributed by atoms with E-state index >= 15 is 0 Å². The van der Waals surface area contributed by atoms with E-state index in [1.165, 1.54) is 62.6 Å². The Labute approximate surface area is 192 Å². The van der Waals surface area contributed by atoms with E-state index in [1.54, 1.807) is 6.07 Å². The summed E-state index contributed by atoms with van der Waals surface area (Å²) in [6.45, 7) is 2.84. The van der Waals surface area contributed by atoms with Gasteiger partial charge in [0.15, 0.2) is 0 Å². The maximum Gasteiger partial charge on any atom is 0.144 e. The van der Waals surface area contributed by atoms with Gasteiger partial charge in [-0.15, -0.1) is 0 Å². The molecule has 0 aliphatic heterocycles. The van der Waals surface area contributed by atoms with Gasteiger partial charge in [0.2, 0.25) is 0 Å². The first-order valence-corrected chi connectivity index (χ1v) is 12.3. The van der Waals surface area contributed by atoms with Gasteiger partial charge in [-0.05, 0) is 62.1 Å². The fourth-order valence-corrected chi connectivity index (χ4v) is 4.47. The van der Waals surface area contributed by atoms with Gasteiger partial charge < -0.3 is 4.74 Å². The van der Waals surface area contributed by atoms with E-state index in [-0.39, 0.29) is 5.56 Å². The molecule has 1 heterocycles. The molecule has 1 aromatic carbocycles. The topological polar surface area (TPSA) is 58.8 Å². The highest BCUT2D eigenvalue weighted by atomic mass is 19.1. The van der Waals surface area contributed by atoms with Crippen LogP contribution in [-0.2, 0) is 6.42 Å². The molecule has 1 fully saturated rings. The van der Waals surface area contributed by atoms with E-state index < -0.39 is 5.82 Å². The van der Waals surface area contributed by atoms with Crippen molar-refractivity contribution in [3.63, 3.8) is 0 Å². The Morgan fingerprint density at radius 2 is 1.69 bits per heavy atom. The minimum Gasteiger partial charge on any atom is -0.493 e. The molecule has 0 radical (unpaired) electrons. The van der Waals surface area contributed by atoms with Crippen LogP contribution in [0.1, 0.15) is 100 Å². The number of nitrogens with zero attached hydrogens (tertiary/aromatic N) is 3. The smallest absolute Gasteiger partial charge is 0.144 e. The monoisotopic (exact) mass is 437 g/mol. The summed E-state index contributed by atoms with van der Waals surface area (Å²) in [6.07, 6.45) is 18.6. The first-order valence-electron chi connectivity index (χ1n) is 12.3. The predicted octanol–water partition coefficient (Wildman–Crippen LogP) is 7.13. The zero-order valence-corrected chi connectivity index (χ0v) is 19.4. The molecule has 0 bridgehead atoms. The van der Waals surface area contributed by atoms with Gasteiger partial charge in [0.05, 0.1) is 12.2 Å². The molecule has 1 aliphatic rings. The molecule has 4 nitrogen and oxygen atoms in total. The maximum atomic E-state index is 13.7. The number of unbranched alkanes of at least 4 members (excludes halogenated alkanes) is 6. The fourth-order valence-electron chi connectivity index (χ4n) is 4.47. The molecule has 0 saturated heterocycles. The minimum atomic E-state index is -0.527. The standard InChI is InChI=1S/C27H36FN3O/c1-2-3-4-5-6-7-8-9-22-18-30-27(31-19-22)23-12-10-21(11-13-23)20-32-25-15-14-24(17-29)26(28)16-25/h14-16,18-19,21,23H,2-13,20H2,1H3/t21-,23-. The molecule has 172 valence electrons. The van der Waals surface area contributed by atoms with Gasteiger partial charge in [0.1, 0.15) is 23.5 Å². The quantitative estimate of drug-likeness (QED) is 0.331. The van der Waals surface area contributed by atoms with E-state index in [9.17, 15) is 4.39 Å². The number of rotatable bonds is 12. The van der Waals surface area contributed by atoms with Gasteiger partial charge >= 0.3 is 0 Å². The second kappa shape index (κ2) is 13.2. The van der Waals surface area contributed by atoms with Gasteiger partial charge in [0, 0.05) is 24.4 Å². The number of halogens is 1. The molecule has 1 aromatic heterocycles. The van der Waals surface area contributed by atoms with E-state index in [2.05, 4.69) is 16.9 Å². The first-order chi connectivity index (χ1) is 15.7. The van der Waals surface area contributed by atoms with Crippen LogP contribution in [0.3, 0.4) is 0 Å². The molecular weight excluding hydrogens is 401 g/mol. The highest BCUT2D eigenvalue weighted by Crippen LogP contribution is 2.34. The highest BCUT2D eigenvalue weighted by molar-refractivity contribution is 5.36. The average Bonchev–Trinajstić information content (AvgIpc) is 2.83. The van der Waals surface area contributed by atoms with E-state index in [1.807, 2.05) is 18.5 Å². The Balaban J connectivity index is 1.35. The van der Waals surface area contributed by atoms with Crippen molar-refractivity contribution in [2.45, 2.75) is 89.9 Å². The van der Waals surface area contributed by atoms with Crippen LogP contribution >= 0.6 is 0 Å². The molecule has 0 spiro atoms. The van der Waals surface area contributed by atoms with E-state index in [0.29, 0.717) is 24.2 Å². The van der Waals surface area contributed by atoms with Crippen LogP contribution in [0.25, 0.3) is 0 Å². The molecule has 0 amide bonds. The number of hydrogen-bond acceptors (Lipinski definition) is 4. The van der Waals surface area contributed by atoms with Crippen molar-refractivity contribution in [1.82, 2.24) is 9.97 Å². The van der Waals surface area contributed by atoms with Crippen LogP contribution in [0.5, 0.6) is 5.75 Å². The lowest BCUT2D eigenvalue weighted by Crippen LogP contribution is -2.20. The molecule has 1 saturated carbocycles. The predicted molar refractivity (Wildman–Crippen MR) is 125 cm³/mol. The number of ether oxygens (including phenoxy) is 1. The summed E-state index contributed by atoms with van der Waals surface area (Å²) in [5.74, 6) is 1.82. The maximum absolute atomic E-state index is 13.7. The van der Waals surface area contributed by atoms with Crippen molar-refractivity contribution in [2.75, 3.05) is 6.61 Å². The molecule has 32 heavy (non-hydrogen) atoms. The van der Waals surface area contributed by atoms with Crippen molar-refractivity contribution in [2.24, 2.45) is 5.92 Å². The number of aromatic nitrogens is 2. The molecule has 0 atom stereocenters. The molecule has 0 N–H and O–H groups in total. The van der Waals surface area contributed by atoms with Gasteiger partial charge in [-0.1, -0.05) is 45.4 Å². The number of aryl methyl sites for hydroxylation is 1. The van der Waals surface area contributed by atoms with Crippen LogP contribution in [0.2, 0.25) is 0 Å². The van der Waals surface area contributed by atoms with Crippen LogP contribution in [0.15, 0.2) is 30.6 Å². The third kappa shape index (κ3) is 7.58. The summed E-state index contributed by atoms with van der Waals surface area (Å²) in [5, 5.41) is 8.82. The lowest BCUT2D eigenvalue weighted by atomic mass is 9.82. The van der Waals surface area contributed by atoms with Crippen LogP contribution in [-0.4, -0.2) is 16.6 Å². The second-order valence-electron chi connectivity index (χ2n) is 9.10. The Hall–Kier alpha value is -2.48. The van der Waals surface area contributed by atoms with Crippen molar-refractivity contribution < 1.29 is 9.13 Å². The van der Waals surface area contributed by atoms with Gasteiger partial charge in [-0.2, -0.15) is 5.26 Å². The lowest BCUT2D eigenvalue weighted by Gasteiger charge is -2.27. The Kier molecular flexibility index (Phi) is 9.94. The zero-order chi connectivity index (χ0) is 22.6. The SMILES string of the molecule is CCCCCCCCCc1cnc([C@H]2CC[C@H](COc3ccc(C#N)c(F)c3)CC2)nc1.